The van der Waals surface area contributed by atoms with Crippen LogP contribution in [0.15, 0.2) is 48.7 Å². The van der Waals surface area contributed by atoms with Crippen LogP contribution < -0.4 is 5.32 Å². The van der Waals surface area contributed by atoms with Gasteiger partial charge in [-0.05, 0) is 36.1 Å². The van der Waals surface area contributed by atoms with Crippen molar-refractivity contribution in [3.8, 4) is 0 Å². The lowest BCUT2D eigenvalue weighted by Gasteiger charge is -2.35. The van der Waals surface area contributed by atoms with Gasteiger partial charge in [0.1, 0.15) is 5.69 Å². The van der Waals surface area contributed by atoms with Crippen LogP contribution in [0.4, 0.5) is 0 Å². The number of carbonyl (C=O) groups is 1. The highest BCUT2D eigenvalue weighted by Gasteiger charge is 2.22. The number of nitrogens with one attached hydrogen (secondary N) is 1. The predicted octanol–water partition coefficient (Wildman–Crippen LogP) is 2.65. The van der Waals surface area contributed by atoms with Gasteiger partial charge in [0.25, 0.3) is 5.91 Å². The fraction of sp³-hybridized carbons (Fsp3) is 0.368. The molecular formula is C19H23N3O. The lowest BCUT2D eigenvalue weighted by Crippen LogP contribution is -2.45. The first-order chi connectivity index (χ1) is 11.3. The van der Waals surface area contributed by atoms with Crippen LogP contribution >= 0.6 is 0 Å². The molecule has 23 heavy (non-hydrogen) atoms. The van der Waals surface area contributed by atoms with E-state index < -0.39 is 0 Å². The van der Waals surface area contributed by atoms with Crippen molar-refractivity contribution < 1.29 is 4.79 Å². The summed E-state index contributed by atoms with van der Waals surface area (Å²) in [6.45, 7) is 4.86. The molecule has 1 atom stereocenters. The molecule has 0 spiro atoms. The third-order valence-electron chi connectivity index (χ3n) is 4.54. The Hall–Kier alpha value is -2.20. The van der Waals surface area contributed by atoms with Crippen molar-refractivity contribution >= 4 is 5.91 Å². The second-order valence-corrected chi connectivity index (χ2v) is 5.98. The van der Waals surface area contributed by atoms with Gasteiger partial charge in [-0.25, -0.2) is 0 Å². The average Bonchev–Trinajstić information content (AvgIpc) is 2.62. The van der Waals surface area contributed by atoms with Gasteiger partial charge >= 0.3 is 0 Å². The van der Waals surface area contributed by atoms with Gasteiger partial charge in [-0.15, -0.1) is 0 Å². The van der Waals surface area contributed by atoms with Crippen LogP contribution in [-0.2, 0) is 13.0 Å². The molecule has 1 amide bonds. The molecule has 0 bridgehead atoms. The zero-order chi connectivity index (χ0) is 16.1. The summed E-state index contributed by atoms with van der Waals surface area (Å²) in [5, 5.41) is 3.03. The van der Waals surface area contributed by atoms with Crippen LogP contribution in [0.2, 0.25) is 0 Å². The fourth-order valence-electron chi connectivity index (χ4n) is 3.16. The van der Waals surface area contributed by atoms with E-state index in [1.165, 1.54) is 11.1 Å². The van der Waals surface area contributed by atoms with Crippen LogP contribution in [0, 0.1) is 0 Å². The number of rotatable bonds is 5. The Kier molecular flexibility index (Phi) is 5.03. The van der Waals surface area contributed by atoms with Crippen molar-refractivity contribution in [3.05, 3.63) is 65.5 Å². The molecule has 2 heterocycles. The highest BCUT2D eigenvalue weighted by molar-refractivity contribution is 5.92. The molecule has 4 heteroatoms. The van der Waals surface area contributed by atoms with E-state index in [4.69, 9.17) is 0 Å². The van der Waals surface area contributed by atoms with E-state index in [-0.39, 0.29) is 5.91 Å². The molecule has 0 radical (unpaired) electrons. The van der Waals surface area contributed by atoms with Crippen molar-refractivity contribution in [1.82, 2.24) is 15.2 Å². The molecule has 0 aliphatic carbocycles. The Labute approximate surface area is 137 Å². The SMILES string of the molecule is CCC(CNC(=O)c1ccccn1)N1CCc2ccccc2C1. The molecule has 1 N–H and O–H groups in total. The third-order valence-corrected chi connectivity index (χ3v) is 4.54. The van der Waals surface area contributed by atoms with E-state index in [1.807, 2.05) is 12.1 Å². The first-order valence-electron chi connectivity index (χ1n) is 8.28. The maximum Gasteiger partial charge on any atom is 0.269 e. The Morgan fingerprint density at radius 2 is 2.00 bits per heavy atom. The predicted molar refractivity (Wildman–Crippen MR) is 91.2 cm³/mol. The summed E-state index contributed by atoms with van der Waals surface area (Å²) in [6, 6.07) is 14.4. The van der Waals surface area contributed by atoms with Crippen LogP contribution in [0.1, 0.15) is 35.0 Å². The Morgan fingerprint density at radius 1 is 1.22 bits per heavy atom. The van der Waals surface area contributed by atoms with Gasteiger partial charge in [-0.1, -0.05) is 37.3 Å². The summed E-state index contributed by atoms with van der Waals surface area (Å²) in [4.78, 5) is 18.7. The number of pyridine rings is 1. The first kappa shape index (κ1) is 15.7. The summed E-state index contributed by atoms with van der Waals surface area (Å²) in [5.41, 5.74) is 3.34. The van der Waals surface area contributed by atoms with E-state index in [2.05, 4.69) is 46.4 Å². The largest absolute Gasteiger partial charge is 0.349 e. The highest BCUT2D eigenvalue weighted by atomic mass is 16.1. The van der Waals surface area contributed by atoms with Crippen LogP contribution in [0.3, 0.4) is 0 Å². The number of hydrogen-bond donors (Lipinski definition) is 1. The molecule has 2 aromatic rings. The lowest BCUT2D eigenvalue weighted by molar-refractivity contribution is 0.0921. The second-order valence-electron chi connectivity index (χ2n) is 5.98. The summed E-state index contributed by atoms with van der Waals surface area (Å²) >= 11 is 0. The smallest absolute Gasteiger partial charge is 0.269 e. The molecule has 1 aromatic carbocycles. The molecule has 0 saturated carbocycles. The summed E-state index contributed by atoms with van der Waals surface area (Å²) in [7, 11) is 0. The Morgan fingerprint density at radius 3 is 2.74 bits per heavy atom. The Balaban J connectivity index is 1.59. The maximum absolute atomic E-state index is 12.2. The van der Waals surface area contributed by atoms with Gasteiger partial charge in [-0.3, -0.25) is 14.7 Å². The molecular weight excluding hydrogens is 286 g/mol. The van der Waals surface area contributed by atoms with Gasteiger partial charge < -0.3 is 5.32 Å². The fourth-order valence-corrected chi connectivity index (χ4v) is 3.16. The standard InChI is InChI=1S/C19H23N3O/c1-2-17(13-21-19(23)18-9-5-6-11-20-18)22-12-10-15-7-3-4-8-16(15)14-22/h3-9,11,17H,2,10,12-14H2,1H3,(H,21,23). The van der Waals surface area contributed by atoms with Crippen LogP contribution in [0.5, 0.6) is 0 Å². The van der Waals surface area contributed by atoms with Gasteiger partial charge in [0.05, 0.1) is 0 Å². The summed E-state index contributed by atoms with van der Waals surface area (Å²) < 4.78 is 0. The number of aromatic nitrogens is 1. The second kappa shape index (κ2) is 7.38. The van der Waals surface area contributed by atoms with Crippen molar-refractivity contribution in [2.45, 2.75) is 32.4 Å². The molecule has 3 rings (SSSR count). The topological polar surface area (TPSA) is 45.2 Å². The Bertz CT molecular complexity index is 657. The third kappa shape index (κ3) is 3.77. The quantitative estimate of drug-likeness (QED) is 0.923. The first-order valence-corrected chi connectivity index (χ1v) is 8.28. The molecule has 4 nitrogen and oxygen atoms in total. The van der Waals surface area contributed by atoms with E-state index in [0.717, 1.165) is 25.9 Å². The molecule has 1 aliphatic rings. The number of hydrogen-bond acceptors (Lipinski definition) is 3. The molecule has 1 unspecified atom stereocenters. The van der Waals surface area contributed by atoms with Gasteiger partial charge in [0, 0.05) is 31.9 Å². The molecule has 1 aromatic heterocycles. The van der Waals surface area contributed by atoms with E-state index in [9.17, 15) is 4.79 Å². The van der Waals surface area contributed by atoms with E-state index >= 15 is 0 Å². The molecule has 1 aliphatic heterocycles. The van der Waals surface area contributed by atoms with Crippen molar-refractivity contribution in [3.63, 3.8) is 0 Å². The van der Waals surface area contributed by atoms with E-state index in [1.54, 1.807) is 12.3 Å². The van der Waals surface area contributed by atoms with Crippen molar-refractivity contribution in [2.75, 3.05) is 13.1 Å². The number of amides is 1. The van der Waals surface area contributed by atoms with Gasteiger partial charge in [-0.2, -0.15) is 0 Å². The zero-order valence-electron chi connectivity index (χ0n) is 13.5. The van der Waals surface area contributed by atoms with Gasteiger partial charge in [0.15, 0.2) is 0 Å². The lowest BCUT2D eigenvalue weighted by atomic mass is 9.98. The van der Waals surface area contributed by atoms with Gasteiger partial charge in [0.2, 0.25) is 0 Å². The minimum absolute atomic E-state index is 0.0959. The van der Waals surface area contributed by atoms with Crippen molar-refractivity contribution in [2.24, 2.45) is 0 Å². The number of carbonyl (C=O) groups excluding carboxylic acids is 1. The summed E-state index contributed by atoms with van der Waals surface area (Å²) in [5.74, 6) is -0.0959. The minimum atomic E-state index is -0.0959. The molecule has 0 fully saturated rings. The van der Waals surface area contributed by atoms with Crippen LogP contribution in [0.25, 0.3) is 0 Å². The van der Waals surface area contributed by atoms with E-state index in [0.29, 0.717) is 18.3 Å². The number of fused-ring (bicyclic) bond motifs is 1. The highest BCUT2D eigenvalue weighted by Crippen LogP contribution is 2.21. The number of nitrogens with zero attached hydrogens (tertiary/aromatic N) is 2. The van der Waals surface area contributed by atoms with Crippen molar-refractivity contribution in [1.29, 1.82) is 0 Å². The average molecular weight is 309 g/mol. The monoisotopic (exact) mass is 309 g/mol. The zero-order valence-corrected chi connectivity index (χ0v) is 13.5. The minimum Gasteiger partial charge on any atom is -0.349 e. The maximum atomic E-state index is 12.2. The summed E-state index contributed by atoms with van der Waals surface area (Å²) in [6.07, 6.45) is 3.75. The van der Waals surface area contributed by atoms with Crippen LogP contribution in [-0.4, -0.2) is 34.9 Å². The number of benzene rings is 1. The molecule has 0 saturated heterocycles. The normalized spacial score (nSPS) is 15.7. The molecule has 120 valence electrons.